The summed E-state index contributed by atoms with van der Waals surface area (Å²) < 4.78 is 39.3. The summed E-state index contributed by atoms with van der Waals surface area (Å²) in [7, 11) is -3.70. The van der Waals surface area contributed by atoms with E-state index in [2.05, 4.69) is 29.3 Å². The van der Waals surface area contributed by atoms with Crippen molar-refractivity contribution in [3.63, 3.8) is 0 Å². The number of amides is 1. The highest BCUT2D eigenvalue weighted by Gasteiger charge is 2.23. The average Bonchev–Trinajstić information content (AvgIpc) is 2.74. The van der Waals surface area contributed by atoms with Crippen molar-refractivity contribution < 1.29 is 17.6 Å². The molecule has 3 rings (SSSR count). The van der Waals surface area contributed by atoms with E-state index in [1.807, 2.05) is 19.1 Å². The van der Waals surface area contributed by atoms with Gasteiger partial charge in [0.2, 0.25) is 15.9 Å². The van der Waals surface area contributed by atoms with E-state index in [-0.39, 0.29) is 24.7 Å². The second-order valence-electron chi connectivity index (χ2n) is 8.67. The molecule has 1 amide bonds. The topological polar surface area (TPSA) is 69.7 Å². The summed E-state index contributed by atoms with van der Waals surface area (Å²) in [5.41, 5.74) is 2.33. The molecule has 1 aliphatic heterocycles. The summed E-state index contributed by atoms with van der Waals surface area (Å²) in [5, 5.41) is 2.85. The lowest BCUT2D eigenvalue weighted by Gasteiger charge is -2.32. The molecule has 1 atom stereocenters. The molecule has 1 saturated heterocycles. The largest absolute Gasteiger partial charge is 0.372 e. The summed E-state index contributed by atoms with van der Waals surface area (Å²) in [6, 6.07) is 13.8. The quantitative estimate of drug-likeness (QED) is 0.651. The predicted octanol–water partition coefficient (Wildman–Crippen LogP) is 3.70. The Labute approximate surface area is 190 Å². The molecule has 1 heterocycles. The van der Waals surface area contributed by atoms with Crippen LogP contribution < -0.4 is 10.2 Å². The molecule has 32 heavy (non-hydrogen) atoms. The SMILES string of the molecule is CC1CCN(c2ccc(C(C)NC(=O)CN(Cc3ccccc3F)S(C)(=O)=O)cc2)CC1. The standard InChI is InChI=1S/C24H32FN3O3S/c1-18-12-14-27(15-13-18)22-10-8-20(9-11-22)19(2)26-24(29)17-28(32(3,30)31)16-21-6-4-5-7-23(21)25/h4-11,18-19H,12-17H2,1-3H3,(H,26,29). The zero-order chi connectivity index (χ0) is 23.3. The molecule has 2 aromatic rings. The summed E-state index contributed by atoms with van der Waals surface area (Å²) in [5.74, 6) is -0.169. The molecule has 0 bridgehead atoms. The fourth-order valence-electron chi connectivity index (χ4n) is 3.88. The Morgan fingerprint density at radius 1 is 1.16 bits per heavy atom. The highest BCUT2D eigenvalue weighted by atomic mass is 32.2. The lowest BCUT2D eigenvalue weighted by atomic mass is 9.98. The van der Waals surface area contributed by atoms with Crippen LogP contribution in [0.15, 0.2) is 48.5 Å². The van der Waals surface area contributed by atoms with Crippen molar-refractivity contribution in [2.45, 2.75) is 39.3 Å². The van der Waals surface area contributed by atoms with Gasteiger partial charge in [0.15, 0.2) is 0 Å². The van der Waals surface area contributed by atoms with Crippen LogP contribution in [0.5, 0.6) is 0 Å². The Hall–Kier alpha value is -2.45. The van der Waals surface area contributed by atoms with Gasteiger partial charge in [-0.2, -0.15) is 4.31 Å². The van der Waals surface area contributed by atoms with Gasteiger partial charge in [-0.1, -0.05) is 37.3 Å². The van der Waals surface area contributed by atoms with E-state index in [4.69, 9.17) is 0 Å². The van der Waals surface area contributed by atoms with Crippen LogP contribution in [-0.4, -0.2) is 44.5 Å². The van der Waals surface area contributed by atoms with Crippen LogP contribution in [0.25, 0.3) is 0 Å². The fourth-order valence-corrected chi connectivity index (χ4v) is 4.60. The van der Waals surface area contributed by atoms with Gasteiger partial charge in [0, 0.05) is 30.9 Å². The first kappa shape index (κ1) is 24.2. The van der Waals surface area contributed by atoms with Crippen LogP contribution in [0, 0.1) is 11.7 Å². The van der Waals surface area contributed by atoms with Crippen LogP contribution in [0.4, 0.5) is 10.1 Å². The number of sulfonamides is 1. The van der Waals surface area contributed by atoms with Gasteiger partial charge in [-0.15, -0.1) is 0 Å². The number of hydrogen-bond donors (Lipinski definition) is 1. The van der Waals surface area contributed by atoms with Crippen LogP contribution in [-0.2, 0) is 21.4 Å². The number of rotatable bonds is 8. The molecule has 6 nitrogen and oxygen atoms in total. The predicted molar refractivity (Wildman–Crippen MR) is 125 cm³/mol. The number of piperidine rings is 1. The van der Waals surface area contributed by atoms with Gasteiger partial charge in [0.1, 0.15) is 5.82 Å². The minimum Gasteiger partial charge on any atom is -0.372 e. The molecule has 1 aliphatic rings. The molecule has 174 valence electrons. The van der Waals surface area contributed by atoms with E-state index in [0.717, 1.165) is 35.1 Å². The van der Waals surface area contributed by atoms with Gasteiger partial charge < -0.3 is 10.2 Å². The van der Waals surface area contributed by atoms with Crippen molar-refractivity contribution >= 4 is 21.6 Å². The van der Waals surface area contributed by atoms with Crippen molar-refractivity contribution in [3.05, 3.63) is 65.5 Å². The average molecular weight is 462 g/mol. The number of anilines is 1. The third-order valence-electron chi connectivity index (χ3n) is 6.01. The molecular weight excluding hydrogens is 429 g/mol. The maximum absolute atomic E-state index is 14.0. The first-order valence-corrected chi connectivity index (χ1v) is 12.8. The third-order valence-corrected chi connectivity index (χ3v) is 7.21. The van der Waals surface area contributed by atoms with E-state index >= 15 is 0 Å². The smallest absolute Gasteiger partial charge is 0.235 e. The Bertz CT molecular complexity index is 1020. The molecule has 1 unspecified atom stereocenters. The number of carbonyl (C=O) groups excluding carboxylic acids is 1. The lowest BCUT2D eigenvalue weighted by Crippen LogP contribution is -2.40. The zero-order valence-electron chi connectivity index (χ0n) is 18.9. The Morgan fingerprint density at radius 2 is 1.78 bits per heavy atom. The van der Waals surface area contributed by atoms with Gasteiger partial charge in [-0.25, -0.2) is 12.8 Å². The summed E-state index contributed by atoms with van der Waals surface area (Å²) >= 11 is 0. The van der Waals surface area contributed by atoms with Gasteiger partial charge in [0.25, 0.3) is 0 Å². The van der Waals surface area contributed by atoms with Crippen LogP contribution >= 0.6 is 0 Å². The maximum atomic E-state index is 14.0. The zero-order valence-corrected chi connectivity index (χ0v) is 19.7. The Morgan fingerprint density at radius 3 is 2.38 bits per heavy atom. The lowest BCUT2D eigenvalue weighted by molar-refractivity contribution is -0.122. The van der Waals surface area contributed by atoms with E-state index in [1.165, 1.54) is 36.7 Å². The molecule has 1 fully saturated rings. The van der Waals surface area contributed by atoms with Gasteiger partial charge in [0.05, 0.1) is 18.8 Å². The Kier molecular flexibility index (Phi) is 7.90. The monoisotopic (exact) mass is 461 g/mol. The van der Waals surface area contributed by atoms with E-state index in [1.54, 1.807) is 6.07 Å². The van der Waals surface area contributed by atoms with Crippen molar-refractivity contribution in [3.8, 4) is 0 Å². The number of halogens is 1. The van der Waals surface area contributed by atoms with E-state index < -0.39 is 21.7 Å². The van der Waals surface area contributed by atoms with Crippen LogP contribution in [0.1, 0.15) is 43.9 Å². The van der Waals surface area contributed by atoms with Gasteiger partial charge >= 0.3 is 0 Å². The molecule has 0 spiro atoms. The van der Waals surface area contributed by atoms with Crippen molar-refractivity contribution in [1.29, 1.82) is 0 Å². The normalized spacial score (nSPS) is 16.2. The number of hydrogen-bond acceptors (Lipinski definition) is 4. The minimum atomic E-state index is -3.70. The van der Waals surface area contributed by atoms with Crippen LogP contribution in [0.2, 0.25) is 0 Å². The molecule has 8 heteroatoms. The number of carbonyl (C=O) groups is 1. The number of nitrogens with zero attached hydrogens (tertiary/aromatic N) is 2. The molecule has 0 saturated carbocycles. The maximum Gasteiger partial charge on any atom is 0.235 e. The van der Waals surface area contributed by atoms with Crippen molar-refractivity contribution in [2.75, 3.05) is 30.8 Å². The first-order valence-electron chi connectivity index (χ1n) is 11.0. The summed E-state index contributed by atoms with van der Waals surface area (Å²) in [4.78, 5) is 15.0. The summed E-state index contributed by atoms with van der Waals surface area (Å²) in [6.45, 7) is 5.67. The van der Waals surface area contributed by atoms with E-state index in [9.17, 15) is 17.6 Å². The third kappa shape index (κ3) is 6.53. The molecular formula is C24H32FN3O3S. The highest BCUT2D eigenvalue weighted by Crippen LogP contribution is 2.24. The minimum absolute atomic E-state index is 0.198. The van der Waals surface area contributed by atoms with E-state index in [0.29, 0.717) is 0 Å². The number of benzene rings is 2. The molecule has 0 radical (unpaired) electrons. The van der Waals surface area contributed by atoms with Crippen molar-refractivity contribution in [1.82, 2.24) is 9.62 Å². The summed E-state index contributed by atoms with van der Waals surface area (Å²) in [6.07, 6.45) is 3.40. The Balaban J connectivity index is 1.60. The molecule has 2 aromatic carbocycles. The fraction of sp³-hybridized carbons (Fsp3) is 0.458. The van der Waals surface area contributed by atoms with Crippen molar-refractivity contribution in [2.24, 2.45) is 5.92 Å². The molecule has 0 aromatic heterocycles. The molecule has 0 aliphatic carbocycles. The highest BCUT2D eigenvalue weighted by molar-refractivity contribution is 7.88. The second-order valence-corrected chi connectivity index (χ2v) is 10.7. The van der Waals surface area contributed by atoms with Crippen LogP contribution in [0.3, 0.4) is 0 Å². The molecule has 1 N–H and O–H groups in total. The van der Waals surface area contributed by atoms with Gasteiger partial charge in [-0.05, 0) is 49.4 Å². The van der Waals surface area contributed by atoms with Gasteiger partial charge in [-0.3, -0.25) is 4.79 Å². The number of nitrogens with one attached hydrogen (secondary N) is 1. The first-order chi connectivity index (χ1) is 15.1. The second kappa shape index (κ2) is 10.4.